The third kappa shape index (κ3) is 9.14. The molecule has 0 heterocycles. The van der Waals surface area contributed by atoms with Gasteiger partial charge in [0.25, 0.3) is 0 Å². The molecule has 0 aliphatic rings. The number of carboxylic acid groups (broad SMARTS) is 2. The van der Waals surface area contributed by atoms with Gasteiger partial charge in [0, 0.05) is 0 Å². The lowest BCUT2D eigenvalue weighted by Crippen LogP contribution is -2.38. The monoisotopic (exact) mass is 297 g/mol. The Morgan fingerprint density at radius 3 is 1.86 bits per heavy atom. The SMILES string of the molecule is NC(=O)[C@@H](N)Cc1ccccc1.N[C@@H](CC(=O)O)C(=O)O. The molecule has 0 radical (unpaired) electrons. The summed E-state index contributed by atoms with van der Waals surface area (Å²) in [5.74, 6) is -2.96. The molecule has 2 atom stereocenters. The molecule has 0 spiro atoms. The molecule has 1 rings (SSSR count). The van der Waals surface area contributed by atoms with E-state index in [9.17, 15) is 14.4 Å². The topological polar surface area (TPSA) is 170 Å². The number of amides is 1. The van der Waals surface area contributed by atoms with Crippen LogP contribution in [-0.4, -0.2) is 40.1 Å². The van der Waals surface area contributed by atoms with E-state index in [-0.39, 0.29) is 0 Å². The van der Waals surface area contributed by atoms with Gasteiger partial charge in [0.15, 0.2) is 0 Å². The minimum atomic E-state index is -1.29. The number of primary amides is 1. The number of hydrogen-bond donors (Lipinski definition) is 5. The van der Waals surface area contributed by atoms with Crippen LogP contribution in [0.3, 0.4) is 0 Å². The molecule has 0 saturated heterocycles. The molecule has 0 unspecified atom stereocenters. The zero-order valence-corrected chi connectivity index (χ0v) is 11.3. The van der Waals surface area contributed by atoms with E-state index >= 15 is 0 Å². The Hall–Kier alpha value is -2.45. The van der Waals surface area contributed by atoms with Crippen LogP contribution in [0.2, 0.25) is 0 Å². The average Bonchev–Trinajstić information content (AvgIpc) is 2.39. The Kier molecular flexibility index (Phi) is 8.35. The van der Waals surface area contributed by atoms with Crippen LogP contribution >= 0.6 is 0 Å². The van der Waals surface area contributed by atoms with Crippen molar-refractivity contribution in [3.8, 4) is 0 Å². The van der Waals surface area contributed by atoms with Crippen LogP contribution in [-0.2, 0) is 20.8 Å². The number of hydrogen-bond acceptors (Lipinski definition) is 5. The number of rotatable bonds is 6. The highest BCUT2D eigenvalue weighted by Gasteiger charge is 2.14. The van der Waals surface area contributed by atoms with Crippen LogP contribution < -0.4 is 17.2 Å². The molecule has 0 saturated carbocycles. The smallest absolute Gasteiger partial charge is 0.321 e. The predicted octanol–water partition coefficient (Wildman–Crippen LogP) is -1.09. The molecule has 0 aliphatic carbocycles. The summed E-state index contributed by atoms with van der Waals surface area (Å²) in [5.41, 5.74) is 16.4. The van der Waals surface area contributed by atoms with Crippen molar-refractivity contribution in [2.75, 3.05) is 0 Å². The van der Waals surface area contributed by atoms with Crippen molar-refractivity contribution in [3.63, 3.8) is 0 Å². The fourth-order valence-electron chi connectivity index (χ4n) is 1.24. The second-order valence-electron chi connectivity index (χ2n) is 4.24. The molecule has 1 amide bonds. The summed E-state index contributed by atoms with van der Waals surface area (Å²) in [6.07, 6.45) is -0.0223. The molecule has 8 nitrogen and oxygen atoms in total. The fourth-order valence-corrected chi connectivity index (χ4v) is 1.24. The zero-order chi connectivity index (χ0) is 16.4. The van der Waals surface area contributed by atoms with Gasteiger partial charge in [-0.1, -0.05) is 30.3 Å². The maximum atomic E-state index is 10.6. The van der Waals surface area contributed by atoms with Crippen molar-refractivity contribution < 1.29 is 24.6 Å². The number of carbonyl (C=O) groups excluding carboxylic acids is 1. The summed E-state index contributed by atoms with van der Waals surface area (Å²) >= 11 is 0. The van der Waals surface area contributed by atoms with Gasteiger partial charge in [-0.25, -0.2) is 0 Å². The van der Waals surface area contributed by atoms with Crippen LogP contribution in [0.4, 0.5) is 0 Å². The summed E-state index contributed by atoms with van der Waals surface area (Å²) in [5, 5.41) is 16.0. The van der Waals surface area contributed by atoms with E-state index in [0.29, 0.717) is 6.42 Å². The van der Waals surface area contributed by atoms with E-state index in [0.717, 1.165) is 5.56 Å². The quantitative estimate of drug-likeness (QED) is 0.444. The zero-order valence-electron chi connectivity index (χ0n) is 11.3. The van der Waals surface area contributed by atoms with Crippen LogP contribution in [0.15, 0.2) is 30.3 Å². The number of carbonyl (C=O) groups is 3. The first-order valence-electron chi connectivity index (χ1n) is 6.03. The molecular weight excluding hydrogens is 278 g/mol. The highest BCUT2D eigenvalue weighted by atomic mass is 16.4. The van der Waals surface area contributed by atoms with E-state index in [4.69, 9.17) is 27.4 Å². The summed E-state index contributed by atoms with van der Waals surface area (Å²) in [6, 6.07) is 7.70. The van der Waals surface area contributed by atoms with Gasteiger partial charge in [0.05, 0.1) is 12.5 Å². The number of nitrogens with two attached hydrogens (primary N) is 3. The Morgan fingerprint density at radius 2 is 1.52 bits per heavy atom. The van der Waals surface area contributed by atoms with E-state index < -0.39 is 36.4 Å². The molecule has 1 aromatic carbocycles. The maximum Gasteiger partial charge on any atom is 0.321 e. The van der Waals surface area contributed by atoms with Crippen LogP contribution in [0, 0.1) is 0 Å². The van der Waals surface area contributed by atoms with Crippen molar-refractivity contribution in [2.24, 2.45) is 17.2 Å². The predicted molar refractivity (Wildman–Crippen MR) is 75.2 cm³/mol. The standard InChI is InChI=1S/C9H12N2O.C4H7NO4/c10-8(9(11)12)6-7-4-2-1-3-5-7;5-2(4(8)9)1-3(6)7/h1-5,8H,6,10H2,(H2,11,12);2H,1,5H2,(H,6,7)(H,8,9)/t8-;2-/m00/s1. The number of carboxylic acids is 2. The minimum Gasteiger partial charge on any atom is -0.481 e. The molecule has 8 N–H and O–H groups in total. The van der Waals surface area contributed by atoms with Crippen molar-refractivity contribution in [2.45, 2.75) is 24.9 Å². The highest BCUT2D eigenvalue weighted by Crippen LogP contribution is 2.00. The van der Waals surface area contributed by atoms with Crippen LogP contribution in [0.1, 0.15) is 12.0 Å². The molecule has 8 heteroatoms. The lowest BCUT2D eigenvalue weighted by molar-refractivity contribution is -0.144. The minimum absolute atomic E-state index is 0.459. The summed E-state index contributed by atoms with van der Waals surface area (Å²) in [4.78, 5) is 30.2. The summed E-state index contributed by atoms with van der Waals surface area (Å²) < 4.78 is 0. The van der Waals surface area contributed by atoms with Crippen LogP contribution in [0.5, 0.6) is 0 Å². The highest BCUT2D eigenvalue weighted by molar-refractivity contribution is 5.80. The second kappa shape index (κ2) is 9.45. The Morgan fingerprint density at radius 1 is 1.00 bits per heavy atom. The average molecular weight is 297 g/mol. The van der Waals surface area contributed by atoms with Gasteiger partial charge >= 0.3 is 11.9 Å². The molecular formula is C13H19N3O5. The van der Waals surface area contributed by atoms with Crippen LogP contribution in [0.25, 0.3) is 0 Å². The third-order valence-electron chi connectivity index (χ3n) is 2.38. The van der Waals surface area contributed by atoms with Gasteiger partial charge < -0.3 is 27.4 Å². The van der Waals surface area contributed by atoms with Crippen molar-refractivity contribution >= 4 is 17.8 Å². The molecule has 1 aromatic rings. The first-order chi connectivity index (χ1) is 9.73. The lowest BCUT2D eigenvalue weighted by Gasteiger charge is -2.06. The second-order valence-corrected chi connectivity index (χ2v) is 4.24. The first kappa shape index (κ1) is 18.6. The number of benzene rings is 1. The van der Waals surface area contributed by atoms with E-state index in [1.165, 1.54) is 0 Å². The number of aliphatic carboxylic acids is 2. The van der Waals surface area contributed by atoms with Gasteiger partial charge in [-0.3, -0.25) is 14.4 Å². The Balaban J connectivity index is 0.000000400. The molecule has 0 fully saturated rings. The maximum absolute atomic E-state index is 10.6. The fraction of sp³-hybridized carbons (Fsp3) is 0.308. The van der Waals surface area contributed by atoms with Gasteiger partial charge in [0.2, 0.25) is 5.91 Å². The van der Waals surface area contributed by atoms with Crippen molar-refractivity contribution in [3.05, 3.63) is 35.9 Å². The van der Waals surface area contributed by atoms with E-state index in [1.807, 2.05) is 30.3 Å². The van der Waals surface area contributed by atoms with Gasteiger partial charge in [-0.2, -0.15) is 0 Å². The Labute approximate surface area is 121 Å². The van der Waals surface area contributed by atoms with Gasteiger partial charge in [-0.05, 0) is 12.0 Å². The van der Waals surface area contributed by atoms with Crippen molar-refractivity contribution in [1.29, 1.82) is 0 Å². The molecule has 0 aromatic heterocycles. The summed E-state index contributed by atoms with van der Waals surface area (Å²) in [7, 11) is 0. The summed E-state index contributed by atoms with van der Waals surface area (Å²) in [6.45, 7) is 0. The molecule has 0 bridgehead atoms. The van der Waals surface area contributed by atoms with Gasteiger partial charge in [0.1, 0.15) is 6.04 Å². The van der Waals surface area contributed by atoms with Crippen molar-refractivity contribution in [1.82, 2.24) is 0 Å². The first-order valence-corrected chi connectivity index (χ1v) is 6.03. The molecule has 21 heavy (non-hydrogen) atoms. The Bertz CT molecular complexity index is 478. The third-order valence-corrected chi connectivity index (χ3v) is 2.38. The lowest BCUT2D eigenvalue weighted by atomic mass is 10.1. The molecule has 0 aliphatic heterocycles. The largest absolute Gasteiger partial charge is 0.481 e. The van der Waals surface area contributed by atoms with E-state index in [2.05, 4.69) is 0 Å². The molecule has 116 valence electrons. The normalized spacial score (nSPS) is 12.5. The van der Waals surface area contributed by atoms with Gasteiger partial charge in [-0.15, -0.1) is 0 Å². The van der Waals surface area contributed by atoms with E-state index in [1.54, 1.807) is 0 Å².